The van der Waals surface area contributed by atoms with Crippen molar-refractivity contribution in [3.8, 4) is 34.5 Å². The molecule has 2 aliphatic carbocycles. The zero-order chi connectivity index (χ0) is 50.5. The number of unbranched alkanes of at least 4 members (excludes halogenated alkanes) is 2. The van der Waals surface area contributed by atoms with Crippen molar-refractivity contribution < 1.29 is 67.3 Å². The molecule has 6 unspecified atom stereocenters. The number of nitrogens with zero attached hydrogens (tertiary/aromatic N) is 2. The summed E-state index contributed by atoms with van der Waals surface area (Å²) in [5.41, 5.74) is 4.29. The molecular formula is C55H65N3O14. The first-order valence-corrected chi connectivity index (χ1v) is 24.5. The average Bonchev–Trinajstić information content (AvgIpc) is 3.87. The van der Waals surface area contributed by atoms with Crippen LogP contribution in [0.1, 0.15) is 67.6 Å². The van der Waals surface area contributed by atoms with Crippen molar-refractivity contribution in [1.82, 2.24) is 4.90 Å². The molecule has 3 N–H and O–H groups in total. The quantitative estimate of drug-likeness (QED) is 0.0342. The molecular weight excluding hydrogens is 927 g/mol. The van der Waals surface area contributed by atoms with Gasteiger partial charge in [-0.05, 0) is 96.7 Å². The first kappa shape index (κ1) is 51.6. The number of hydrogen-bond donors (Lipinski definition) is 3. The smallest absolute Gasteiger partial charge is 0.417 e. The number of nitrogens with one attached hydrogen (secondary N) is 1. The topological polar surface area (TPSA) is 195 Å². The Bertz CT molecular complexity index is 2550. The summed E-state index contributed by atoms with van der Waals surface area (Å²) in [6.07, 6.45) is 6.74. The third-order valence-electron chi connectivity index (χ3n) is 13.7. The Morgan fingerprint density at radius 3 is 2.40 bits per heavy atom. The third kappa shape index (κ3) is 11.6. The Kier molecular flexibility index (Phi) is 17.6. The number of methoxy groups -OCH3 is 2. The van der Waals surface area contributed by atoms with Gasteiger partial charge >= 0.3 is 12.2 Å². The van der Waals surface area contributed by atoms with E-state index in [1.54, 1.807) is 48.4 Å². The van der Waals surface area contributed by atoms with Gasteiger partial charge in [0.25, 0.3) is 0 Å². The van der Waals surface area contributed by atoms with Crippen LogP contribution in [0.3, 0.4) is 0 Å². The first-order chi connectivity index (χ1) is 35.2. The van der Waals surface area contributed by atoms with Gasteiger partial charge in [0.2, 0.25) is 12.6 Å². The van der Waals surface area contributed by atoms with Crippen molar-refractivity contribution in [3.05, 3.63) is 126 Å². The van der Waals surface area contributed by atoms with E-state index in [-0.39, 0.29) is 70.4 Å². The predicted molar refractivity (Wildman–Crippen MR) is 267 cm³/mol. The molecule has 0 radical (unpaired) electrons. The molecule has 4 aliphatic rings. The number of aliphatic hydroxyl groups excluding tert-OH is 2. The van der Waals surface area contributed by atoms with Crippen LogP contribution in [0.25, 0.3) is 0 Å². The number of carbonyl (C=O) groups is 2. The van der Waals surface area contributed by atoms with Gasteiger partial charge in [-0.15, -0.1) is 6.58 Å². The van der Waals surface area contributed by atoms with Gasteiger partial charge < -0.3 is 57.7 Å². The van der Waals surface area contributed by atoms with Crippen LogP contribution in [0.2, 0.25) is 0 Å². The van der Waals surface area contributed by atoms with Crippen LogP contribution in [0.4, 0.5) is 15.3 Å². The fraction of sp³-hybridized carbons (Fsp3) is 0.436. The fourth-order valence-corrected chi connectivity index (χ4v) is 10.5. The molecule has 8 rings (SSSR count). The summed E-state index contributed by atoms with van der Waals surface area (Å²) in [6, 6.07) is 24.7. The zero-order valence-corrected chi connectivity index (χ0v) is 41.1. The van der Waals surface area contributed by atoms with Crippen molar-refractivity contribution in [2.45, 2.75) is 75.8 Å². The molecule has 0 aromatic heterocycles. The Hall–Kier alpha value is -6.79. The molecule has 6 atom stereocenters. The Morgan fingerprint density at radius 1 is 0.861 bits per heavy atom. The molecule has 17 heteroatoms. The van der Waals surface area contributed by atoms with Gasteiger partial charge in [0.05, 0.1) is 51.4 Å². The minimum Gasteiger partial charge on any atom is -0.497 e. The number of ether oxygens (including phenoxy) is 9. The van der Waals surface area contributed by atoms with Crippen LogP contribution in [0.5, 0.6) is 34.5 Å². The standard InChI is InChI=1S/C55H65N3O14/c1-5-25-70-55-50(58(33-37-17-21-47-49(28-37)69-35-68-47)54(62)67-27-26-66-34-36-13-7-6-8-14-36)32-45(57-65-4)42-29-38(15-9-11-23-59)41(16-10-12-24-60)51(52(42)55)43-30-40(19-22-46(43)72-55)71-53(61)56-44-20-18-39(63-2)31-48(44)64-3/h5-8,13-14,17-22,28-31,38,41,50-52,59-60H,1,9-12,15-16,23-27,32-35H2,2-4H3,(H,56,61). The number of aliphatic hydroxyl groups is 2. The molecule has 17 nitrogen and oxygen atoms in total. The maximum absolute atomic E-state index is 15.0. The third-order valence-corrected chi connectivity index (χ3v) is 13.7. The van der Waals surface area contributed by atoms with Gasteiger partial charge in [-0.3, -0.25) is 10.2 Å². The highest BCUT2D eigenvalue weighted by atomic mass is 16.7. The van der Waals surface area contributed by atoms with Crippen LogP contribution in [-0.4, -0.2) is 106 Å². The van der Waals surface area contributed by atoms with Crippen molar-refractivity contribution in [2.24, 2.45) is 22.9 Å². The highest BCUT2D eigenvalue weighted by Crippen LogP contribution is 2.62. The fourth-order valence-electron chi connectivity index (χ4n) is 10.5. The van der Waals surface area contributed by atoms with Crippen LogP contribution < -0.4 is 33.7 Å². The zero-order valence-electron chi connectivity index (χ0n) is 41.1. The second-order valence-corrected chi connectivity index (χ2v) is 18.0. The number of hydrogen-bond acceptors (Lipinski definition) is 15. The average molecular weight is 992 g/mol. The number of carbonyl (C=O) groups excluding carboxylic acids is 2. The molecule has 2 amide bonds. The minimum atomic E-state index is -1.60. The summed E-state index contributed by atoms with van der Waals surface area (Å²) >= 11 is 0. The van der Waals surface area contributed by atoms with Gasteiger partial charge in [-0.25, -0.2) is 9.59 Å². The number of allylic oxidation sites excluding steroid dienone is 1. The number of anilines is 1. The molecule has 4 aromatic carbocycles. The Balaban J connectivity index is 1.23. The monoisotopic (exact) mass is 991 g/mol. The van der Waals surface area contributed by atoms with E-state index in [2.05, 4.69) is 18.0 Å². The lowest BCUT2D eigenvalue weighted by Gasteiger charge is -2.59. The Labute approximate surface area is 420 Å². The van der Waals surface area contributed by atoms with E-state index >= 15 is 4.79 Å². The predicted octanol–water partition coefficient (Wildman–Crippen LogP) is 9.16. The Morgan fingerprint density at radius 2 is 1.64 bits per heavy atom. The summed E-state index contributed by atoms with van der Waals surface area (Å²) in [4.78, 5) is 35.9. The summed E-state index contributed by atoms with van der Waals surface area (Å²) in [6.45, 7) is 4.72. The van der Waals surface area contributed by atoms with E-state index in [1.807, 2.05) is 54.6 Å². The molecule has 2 aliphatic heterocycles. The van der Waals surface area contributed by atoms with Crippen molar-refractivity contribution in [3.63, 3.8) is 0 Å². The number of oxime groups is 1. The molecule has 0 saturated heterocycles. The first-order valence-electron chi connectivity index (χ1n) is 24.5. The van der Waals surface area contributed by atoms with E-state index in [9.17, 15) is 15.0 Å². The summed E-state index contributed by atoms with van der Waals surface area (Å²) in [7, 11) is 4.53. The van der Waals surface area contributed by atoms with Crippen LogP contribution in [-0.2, 0) is 32.2 Å². The van der Waals surface area contributed by atoms with Crippen molar-refractivity contribution in [2.75, 3.05) is 66.5 Å². The normalized spacial score (nSPS) is 21.8. The SMILES string of the molecule is C=CCOC12Oc3ccc(OC(=O)Nc4ccc(OC)cc4OC)cc3C3C(CCCCO)C(CCCCO)C=C(C(=NOC)CC1N(Cc1ccc4c(c1)OCO4)C(=O)OCCOCc1ccccc1)C32. The molecule has 1 fully saturated rings. The van der Waals surface area contributed by atoms with E-state index < -0.39 is 35.9 Å². The molecule has 4 aromatic rings. The second-order valence-electron chi connectivity index (χ2n) is 18.0. The van der Waals surface area contributed by atoms with Gasteiger partial charge in [0.15, 0.2) is 11.5 Å². The molecule has 0 spiro atoms. The van der Waals surface area contributed by atoms with Gasteiger partial charge in [0.1, 0.15) is 42.8 Å². The number of amides is 2. The lowest BCUT2D eigenvalue weighted by atomic mass is 9.55. The highest BCUT2D eigenvalue weighted by molar-refractivity contribution is 6.03. The van der Waals surface area contributed by atoms with Crippen LogP contribution in [0, 0.1) is 17.8 Å². The lowest BCUT2D eigenvalue weighted by molar-refractivity contribution is -0.256. The van der Waals surface area contributed by atoms with Gasteiger partial charge in [-0.2, -0.15) is 0 Å². The van der Waals surface area contributed by atoms with Gasteiger partial charge in [0, 0.05) is 43.7 Å². The maximum Gasteiger partial charge on any atom is 0.417 e. The van der Waals surface area contributed by atoms with E-state index in [0.717, 1.165) is 35.1 Å². The van der Waals surface area contributed by atoms with Crippen LogP contribution >= 0.6 is 0 Å². The van der Waals surface area contributed by atoms with E-state index in [0.29, 0.717) is 72.4 Å². The highest BCUT2D eigenvalue weighted by Gasteiger charge is 2.65. The maximum atomic E-state index is 15.0. The van der Waals surface area contributed by atoms with E-state index in [1.165, 1.54) is 14.2 Å². The number of fused-ring (bicyclic) bond motifs is 3. The van der Waals surface area contributed by atoms with Crippen molar-refractivity contribution in [1.29, 1.82) is 0 Å². The van der Waals surface area contributed by atoms with Crippen LogP contribution in [0.15, 0.2) is 114 Å². The number of benzene rings is 4. The molecule has 0 bridgehead atoms. The summed E-state index contributed by atoms with van der Waals surface area (Å²) in [5, 5.41) is 27.5. The molecule has 384 valence electrons. The lowest BCUT2D eigenvalue weighted by Crippen LogP contribution is -2.70. The second kappa shape index (κ2) is 24.6. The van der Waals surface area contributed by atoms with Crippen molar-refractivity contribution >= 4 is 23.6 Å². The summed E-state index contributed by atoms with van der Waals surface area (Å²) in [5.74, 6) is 0.0380. The minimum absolute atomic E-state index is 0.0240. The number of rotatable bonds is 24. The molecule has 1 saturated carbocycles. The largest absolute Gasteiger partial charge is 0.497 e. The molecule has 2 heterocycles. The summed E-state index contributed by atoms with van der Waals surface area (Å²) < 4.78 is 54.8. The molecule has 72 heavy (non-hydrogen) atoms. The van der Waals surface area contributed by atoms with E-state index in [4.69, 9.17) is 52.6 Å². The van der Waals surface area contributed by atoms with Gasteiger partial charge in [-0.1, -0.05) is 66.5 Å².